The fourth-order valence-electron chi connectivity index (χ4n) is 4.99. The largest absolute Gasteiger partial charge is 0.504 e. The fraction of sp³-hybridized carbons (Fsp3) is 0.438. The third-order valence-corrected chi connectivity index (χ3v) is 7.50. The van der Waals surface area contributed by atoms with Crippen molar-refractivity contribution in [3.05, 3.63) is 73.2 Å². The number of rotatable bonds is 3. The fourth-order valence-corrected chi connectivity index (χ4v) is 4.99. The molecule has 3 aromatic rings. The number of ether oxygens (including phenoxy) is 2. The molecule has 3 heterocycles. The van der Waals surface area contributed by atoms with Crippen LogP contribution >= 0.6 is 0 Å². The molecule has 0 unspecified atom stereocenters. The van der Waals surface area contributed by atoms with E-state index in [0.717, 1.165) is 34.9 Å². The van der Waals surface area contributed by atoms with Gasteiger partial charge in [-0.2, -0.15) is 0 Å². The summed E-state index contributed by atoms with van der Waals surface area (Å²) in [5.41, 5.74) is 1.96. The zero-order valence-electron chi connectivity index (χ0n) is 24.1. The van der Waals surface area contributed by atoms with Gasteiger partial charge < -0.3 is 29.2 Å². The number of aryl methyl sites for hydroxylation is 1. The molecule has 2 aliphatic rings. The van der Waals surface area contributed by atoms with Crippen LogP contribution < -0.4 is 20.5 Å². The topological polar surface area (TPSA) is 126 Å². The van der Waals surface area contributed by atoms with Crippen LogP contribution in [0.1, 0.15) is 89.2 Å². The molecule has 3 N–H and O–H groups in total. The standard InChI is InChI=1S/C22H26O5.C10H12O3/c1-6-7-13-10-15(23)26-21-16(13)20-14(8-9-22(4,5)27-20)19-17(21)18(24)11(2)12(3)25-19;1-6(2)7-3-4-8(11)10(13)9(12)5-7/h8-12,18,24H,6-7H2,1-5H3;3-6H,1-2H3,(H2,11,12,13)/t11-,12-,18+;/m1./s1. The molecule has 3 atom stereocenters. The van der Waals surface area contributed by atoms with Crippen molar-refractivity contribution in [2.45, 2.75) is 85.0 Å². The van der Waals surface area contributed by atoms with Crippen LogP contribution in [0.3, 0.4) is 0 Å². The summed E-state index contributed by atoms with van der Waals surface area (Å²) in [4.78, 5) is 23.4. The number of aromatic hydroxyl groups is 2. The van der Waals surface area contributed by atoms with Crippen molar-refractivity contribution in [2.75, 3.05) is 0 Å². The zero-order valence-corrected chi connectivity index (χ0v) is 24.1. The first-order valence-electron chi connectivity index (χ1n) is 13.7. The maximum Gasteiger partial charge on any atom is 0.336 e. The second-order valence-electron chi connectivity index (χ2n) is 11.4. The highest BCUT2D eigenvalue weighted by Crippen LogP contribution is 2.52. The lowest BCUT2D eigenvalue weighted by molar-refractivity contribution is 0.0173. The van der Waals surface area contributed by atoms with E-state index in [9.17, 15) is 14.7 Å². The highest BCUT2D eigenvalue weighted by atomic mass is 16.5. The first kappa shape index (κ1) is 29.2. The van der Waals surface area contributed by atoms with Crippen LogP contribution in [-0.4, -0.2) is 27.0 Å². The molecule has 8 nitrogen and oxygen atoms in total. The van der Waals surface area contributed by atoms with Crippen LogP contribution in [0.25, 0.3) is 17.0 Å². The smallest absolute Gasteiger partial charge is 0.336 e. The van der Waals surface area contributed by atoms with E-state index in [2.05, 4.69) is 6.92 Å². The molecule has 8 heteroatoms. The average molecular weight is 551 g/mol. The highest BCUT2D eigenvalue weighted by Gasteiger charge is 2.39. The predicted octanol–water partition coefficient (Wildman–Crippen LogP) is 5.96. The Bertz CT molecular complexity index is 1580. The van der Waals surface area contributed by atoms with Crippen molar-refractivity contribution < 1.29 is 29.2 Å². The van der Waals surface area contributed by atoms with Gasteiger partial charge in [0.25, 0.3) is 0 Å². The summed E-state index contributed by atoms with van der Waals surface area (Å²) < 4.78 is 18.1. The Morgan fingerprint density at radius 2 is 1.75 bits per heavy atom. The van der Waals surface area contributed by atoms with E-state index < -0.39 is 28.5 Å². The first-order chi connectivity index (χ1) is 18.8. The molecule has 214 valence electrons. The summed E-state index contributed by atoms with van der Waals surface area (Å²) in [6, 6.07) is 5.82. The Labute approximate surface area is 233 Å². The summed E-state index contributed by atoms with van der Waals surface area (Å²) >= 11 is 0. The molecule has 0 aliphatic carbocycles. The normalized spacial score (nSPS) is 20.6. The number of benzene rings is 1. The second kappa shape index (κ2) is 11.0. The van der Waals surface area contributed by atoms with Crippen LogP contribution in [0.15, 0.2) is 44.3 Å². The molecule has 0 bridgehead atoms. The maximum atomic E-state index is 12.3. The Morgan fingerprint density at radius 3 is 2.40 bits per heavy atom. The Kier molecular flexibility index (Phi) is 8.04. The predicted molar refractivity (Wildman–Crippen MR) is 155 cm³/mol. The SMILES string of the molecule is CC(C)c1ccc(O)c(O)c(=O)c1.CCCc1cc(=O)oc2c3c(c4c(c12)OC(C)(C)C=C4)O[C@H](C)[C@@H](C)[C@@H]3O. The molecule has 40 heavy (non-hydrogen) atoms. The van der Waals surface area contributed by atoms with Gasteiger partial charge in [-0.3, -0.25) is 4.79 Å². The second-order valence-corrected chi connectivity index (χ2v) is 11.4. The molecule has 0 amide bonds. The van der Waals surface area contributed by atoms with Gasteiger partial charge in [0.1, 0.15) is 23.2 Å². The van der Waals surface area contributed by atoms with Crippen LogP contribution in [0.5, 0.6) is 23.0 Å². The molecule has 0 fully saturated rings. The highest BCUT2D eigenvalue weighted by molar-refractivity contribution is 5.97. The van der Waals surface area contributed by atoms with Gasteiger partial charge in [-0.05, 0) is 68.5 Å². The van der Waals surface area contributed by atoms with Gasteiger partial charge >= 0.3 is 5.63 Å². The summed E-state index contributed by atoms with van der Waals surface area (Å²) in [5, 5.41) is 30.0. The third kappa shape index (κ3) is 5.45. The number of fused-ring (bicyclic) bond motifs is 6. The van der Waals surface area contributed by atoms with Gasteiger partial charge in [0, 0.05) is 12.0 Å². The van der Waals surface area contributed by atoms with E-state index in [1.54, 1.807) is 6.07 Å². The molecule has 0 spiro atoms. The average Bonchev–Trinajstić information content (AvgIpc) is 3.00. The van der Waals surface area contributed by atoms with Crippen molar-refractivity contribution in [3.8, 4) is 23.0 Å². The van der Waals surface area contributed by atoms with Crippen LogP contribution in [0, 0.1) is 5.92 Å². The third-order valence-electron chi connectivity index (χ3n) is 7.50. The van der Waals surface area contributed by atoms with Gasteiger partial charge in [0.2, 0.25) is 11.2 Å². The van der Waals surface area contributed by atoms with E-state index in [-0.39, 0.29) is 23.7 Å². The summed E-state index contributed by atoms with van der Waals surface area (Å²) in [6.45, 7) is 13.8. The van der Waals surface area contributed by atoms with Gasteiger partial charge in [-0.25, -0.2) is 4.79 Å². The van der Waals surface area contributed by atoms with Crippen molar-refractivity contribution in [3.63, 3.8) is 0 Å². The number of hydrogen-bond donors (Lipinski definition) is 3. The molecule has 0 saturated heterocycles. The molecular weight excluding hydrogens is 512 g/mol. The van der Waals surface area contributed by atoms with Crippen molar-refractivity contribution in [1.82, 2.24) is 0 Å². The lowest BCUT2D eigenvalue weighted by Gasteiger charge is -2.37. The molecule has 0 saturated carbocycles. The zero-order chi connectivity index (χ0) is 29.5. The van der Waals surface area contributed by atoms with Gasteiger partial charge in [-0.1, -0.05) is 40.2 Å². The molecule has 2 aromatic carbocycles. The van der Waals surface area contributed by atoms with Crippen LogP contribution in [-0.2, 0) is 6.42 Å². The van der Waals surface area contributed by atoms with Crippen molar-refractivity contribution >= 4 is 17.0 Å². The molecular formula is C32H38O8. The Morgan fingerprint density at radius 1 is 1.05 bits per heavy atom. The molecule has 5 rings (SSSR count). The van der Waals surface area contributed by atoms with Crippen molar-refractivity contribution in [2.24, 2.45) is 5.92 Å². The molecule has 0 radical (unpaired) electrons. The van der Waals surface area contributed by atoms with E-state index in [0.29, 0.717) is 22.6 Å². The van der Waals surface area contributed by atoms with Crippen LogP contribution in [0.2, 0.25) is 0 Å². The van der Waals surface area contributed by atoms with E-state index in [1.807, 2.05) is 53.7 Å². The summed E-state index contributed by atoms with van der Waals surface area (Å²) in [7, 11) is 0. The lowest BCUT2D eigenvalue weighted by atomic mass is 9.85. The van der Waals surface area contributed by atoms with Gasteiger partial charge in [0.15, 0.2) is 11.3 Å². The molecule has 2 aliphatic heterocycles. The lowest BCUT2D eigenvalue weighted by Crippen LogP contribution is -2.34. The quantitative estimate of drug-likeness (QED) is 0.341. The van der Waals surface area contributed by atoms with E-state index in [4.69, 9.17) is 24.1 Å². The minimum atomic E-state index is -0.778. The first-order valence-corrected chi connectivity index (χ1v) is 13.7. The minimum absolute atomic E-state index is 0.121. The number of aliphatic hydroxyl groups is 1. The van der Waals surface area contributed by atoms with E-state index >= 15 is 0 Å². The molecule has 1 aromatic heterocycles. The summed E-state index contributed by atoms with van der Waals surface area (Å²) in [6.07, 6.45) is 4.65. The Hall–Kier alpha value is -3.78. The van der Waals surface area contributed by atoms with Crippen LogP contribution in [0.4, 0.5) is 0 Å². The maximum absolute atomic E-state index is 12.3. The Balaban J connectivity index is 0.000000240. The summed E-state index contributed by atoms with van der Waals surface area (Å²) in [5.74, 6) is 0.322. The monoisotopic (exact) mass is 550 g/mol. The van der Waals surface area contributed by atoms with Crippen molar-refractivity contribution in [1.29, 1.82) is 0 Å². The number of hydrogen-bond acceptors (Lipinski definition) is 8. The van der Waals surface area contributed by atoms with Gasteiger partial charge in [0.05, 0.1) is 22.6 Å². The van der Waals surface area contributed by atoms with Gasteiger partial charge in [-0.15, -0.1) is 0 Å². The van der Waals surface area contributed by atoms with E-state index in [1.165, 1.54) is 18.2 Å². The minimum Gasteiger partial charge on any atom is -0.504 e. The number of aliphatic hydroxyl groups excluding tert-OH is 1.